The zero-order valence-corrected chi connectivity index (χ0v) is 14.1. The van der Waals surface area contributed by atoms with E-state index in [0.717, 1.165) is 30.1 Å². The molecule has 0 aliphatic rings. The number of aromatic nitrogens is 1. The second-order valence-electron chi connectivity index (χ2n) is 5.44. The van der Waals surface area contributed by atoms with Crippen molar-refractivity contribution in [2.24, 2.45) is 0 Å². The summed E-state index contributed by atoms with van der Waals surface area (Å²) in [5, 5.41) is 3.40. The molecule has 1 N–H and O–H groups in total. The summed E-state index contributed by atoms with van der Waals surface area (Å²) in [6, 6.07) is 8.79. The molecule has 0 fully saturated rings. The lowest BCUT2D eigenvalue weighted by molar-refractivity contribution is 0.303. The molecule has 3 nitrogen and oxygen atoms in total. The fourth-order valence-electron chi connectivity index (χ4n) is 2.00. The van der Waals surface area contributed by atoms with E-state index in [-0.39, 0.29) is 0 Å². The van der Waals surface area contributed by atoms with Crippen LogP contribution in [0.1, 0.15) is 41.9 Å². The topological polar surface area (TPSA) is 34.1 Å². The molecule has 0 bridgehead atoms. The summed E-state index contributed by atoms with van der Waals surface area (Å²) in [5.41, 5.74) is 2.00. The van der Waals surface area contributed by atoms with Crippen molar-refractivity contribution in [3.8, 4) is 5.75 Å². The predicted octanol–water partition coefficient (Wildman–Crippen LogP) is 4.09. The van der Waals surface area contributed by atoms with Gasteiger partial charge in [-0.1, -0.05) is 20.8 Å². The van der Waals surface area contributed by atoms with Crippen LogP contribution in [0.3, 0.4) is 0 Å². The van der Waals surface area contributed by atoms with E-state index in [9.17, 15) is 0 Å². The Bertz CT molecular complexity index is 578. The summed E-state index contributed by atoms with van der Waals surface area (Å²) < 4.78 is 5.98. The third-order valence-electron chi connectivity index (χ3n) is 3.19. The van der Waals surface area contributed by atoms with E-state index in [1.807, 2.05) is 30.4 Å². The van der Waals surface area contributed by atoms with Gasteiger partial charge in [0, 0.05) is 28.0 Å². The third kappa shape index (κ3) is 4.83. The molecule has 0 radical (unpaired) electrons. The molecule has 2 rings (SSSR count). The maximum Gasteiger partial charge on any atom is 0.142 e. The van der Waals surface area contributed by atoms with Gasteiger partial charge < -0.3 is 10.1 Å². The van der Waals surface area contributed by atoms with Crippen LogP contribution in [0.15, 0.2) is 24.3 Å². The van der Waals surface area contributed by atoms with Crippen LogP contribution in [0, 0.1) is 6.92 Å². The van der Waals surface area contributed by atoms with Crippen LogP contribution in [0.5, 0.6) is 5.75 Å². The molecule has 0 saturated carbocycles. The van der Waals surface area contributed by atoms with E-state index in [0.29, 0.717) is 12.6 Å². The van der Waals surface area contributed by atoms with Crippen LogP contribution in [0.25, 0.3) is 0 Å². The van der Waals surface area contributed by atoms with Gasteiger partial charge in [0.25, 0.3) is 0 Å². The number of thiophene rings is 1. The van der Waals surface area contributed by atoms with Gasteiger partial charge in [0.2, 0.25) is 0 Å². The van der Waals surface area contributed by atoms with E-state index in [4.69, 9.17) is 4.74 Å². The van der Waals surface area contributed by atoms with Crippen molar-refractivity contribution in [2.45, 2.75) is 53.3 Å². The molecule has 2 aromatic heterocycles. The van der Waals surface area contributed by atoms with Crippen molar-refractivity contribution in [3.05, 3.63) is 45.4 Å². The molecule has 0 unspecified atom stereocenters. The molecule has 21 heavy (non-hydrogen) atoms. The highest BCUT2D eigenvalue weighted by Crippen LogP contribution is 2.22. The second kappa shape index (κ2) is 7.57. The number of ether oxygens (including phenoxy) is 1. The van der Waals surface area contributed by atoms with Crippen molar-refractivity contribution < 1.29 is 4.74 Å². The van der Waals surface area contributed by atoms with Crippen molar-refractivity contribution in [3.63, 3.8) is 0 Å². The van der Waals surface area contributed by atoms with Crippen LogP contribution >= 0.6 is 11.3 Å². The van der Waals surface area contributed by atoms with Gasteiger partial charge in [0.05, 0.1) is 5.69 Å². The lowest BCUT2D eigenvalue weighted by Gasteiger charge is -2.13. The predicted molar refractivity (Wildman–Crippen MR) is 89.0 cm³/mol. The largest absolute Gasteiger partial charge is 0.486 e. The Balaban J connectivity index is 2.04. The maximum atomic E-state index is 5.98. The van der Waals surface area contributed by atoms with Gasteiger partial charge >= 0.3 is 0 Å². The minimum absolute atomic E-state index is 0.435. The summed E-state index contributed by atoms with van der Waals surface area (Å²) in [6.45, 7) is 9.80. The van der Waals surface area contributed by atoms with Gasteiger partial charge in [-0.15, -0.1) is 11.3 Å². The van der Waals surface area contributed by atoms with Gasteiger partial charge in [-0.05, 0) is 37.6 Å². The quantitative estimate of drug-likeness (QED) is 0.836. The first-order chi connectivity index (χ1) is 10.1. The zero-order chi connectivity index (χ0) is 15.2. The number of rotatable bonds is 7. The van der Waals surface area contributed by atoms with Crippen molar-refractivity contribution in [1.82, 2.24) is 10.3 Å². The summed E-state index contributed by atoms with van der Waals surface area (Å²) >= 11 is 1.82. The van der Waals surface area contributed by atoms with E-state index in [2.05, 4.69) is 43.2 Å². The Hall–Kier alpha value is -1.39. The fraction of sp³-hybridized carbons (Fsp3) is 0.471. The first-order valence-corrected chi connectivity index (χ1v) is 8.30. The molecule has 114 valence electrons. The molecule has 0 spiro atoms. The standard InChI is InChI=1S/C17H24N2OS/c1-5-14-7-8-15(21-14)11-20-17-9-6-13(4)19-16(17)10-18-12(2)3/h6-9,12,18H,5,10-11H2,1-4H3. The number of pyridine rings is 1. The molecule has 0 atom stereocenters. The van der Waals surface area contributed by atoms with E-state index >= 15 is 0 Å². The zero-order valence-electron chi connectivity index (χ0n) is 13.3. The first-order valence-electron chi connectivity index (χ1n) is 7.48. The molecule has 0 saturated heterocycles. The van der Waals surface area contributed by atoms with Gasteiger partial charge in [-0.25, -0.2) is 0 Å². The normalized spacial score (nSPS) is 11.1. The highest BCUT2D eigenvalue weighted by atomic mass is 32.1. The average molecular weight is 304 g/mol. The summed E-state index contributed by atoms with van der Waals surface area (Å²) in [7, 11) is 0. The number of hydrogen-bond donors (Lipinski definition) is 1. The van der Waals surface area contributed by atoms with Crippen LogP contribution in [0.4, 0.5) is 0 Å². The van der Waals surface area contributed by atoms with E-state index in [1.165, 1.54) is 9.75 Å². The molecule has 0 aliphatic carbocycles. The van der Waals surface area contributed by atoms with Gasteiger partial charge in [-0.2, -0.15) is 0 Å². The van der Waals surface area contributed by atoms with Gasteiger partial charge in [-0.3, -0.25) is 4.98 Å². The number of nitrogens with one attached hydrogen (secondary N) is 1. The fourth-order valence-corrected chi connectivity index (χ4v) is 2.87. The molecule has 2 heterocycles. The minimum atomic E-state index is 0.435. The SMILES string of the molecule is CCc1ccc(COc2ccc(C)nc2CNC(C)C)s1. The Labute approximate surface area is 131 Å². The second-order valence-corrected chi connectivity index (χ2v) is 6.70. The van der Waals surface area contributed by atoms with Crippen LogP contribution in [0.2, 0.25) is 0 Å². The van der Waals surface area contributed by atoms with Gasteiger partial charge in [0.15, 0.2) is 0 Å². The summed E-state index contributed by atoms with van der Waals surface area (Å²) in [4.78, 5) is 7.25. The third-order valence-corrected chi connectivity index (χ3v) is 4.39. The highest BCUT2D eigenvalue weighted by molar-refractivity contribution is 7.11. The molecule has 4 heteroatoms. The first kappa shape index (κ1) is 16.0. The molecule has 2 aromatic rings. The average Bonchev–Trinajstić information content (AvgIpc) is 2.92. The molecular weight excluding hydrogens is 280 g/mol. The van der Waals surface area contributed by atoms with Crippen molar-refractivity contribution >= 4 is 11.3 Å². The van der Waals surface area contributed by atoms with Gasteiger partial charge in [0.1, 0.15) is 12.4 Å². The number of nitrogens with zero attached hydrogens (tertiary/aromatic N) is 1. The Morgan fingerprint density at radius 3 is 2.62 bits per heavy atom. The minimum Gasteiger partial charge on any atom is -0.486 e. The summed E-state index contributed by atoms with van der Waals surface area (Å²) in [6.07, 6.45) is 1.08. The van der Waals surface area contributed by atoms with E-state index < -0.39 is 0 Å². The van der Waals surface area contributed by atoms with Crippen molar-refractivity contribution in [1.29, 1.82) is 0 Å². The van der Waals surface area contributed by atoms with Crippen molar-refractivity contribution in [2.75, 3.05) is 0 Å². The lowest BCUT2D eigenvalue weighted by atomic mass is 10.2. The number of hydrogen-bond acceptors (Lipinski definition) is 4. The Kier molecular flexibility index (Phi) is 5.76. The highest BCUT2D eigenvalue weighted by Gasteiger charge is 2.08. The maximum absolute atomic E-state index is 5.98. The van der Waals surface area contributed by atoms with E-state index in [1.54, 1.807) is 0 Å². The number of aryl methyl sites for hydroxylation is 2. The molecule has 0 aromatic carbocycles. The summed E-state index contributed by atoms with van der Waals surface area (Å²) in [5.74, 6) is 0.875. The van der Waals surface area contributed by atoms with Crippen LogP contribution in [-0.2, 0) is 19.6 Å². The Morgan fingerprint density at radius 1 is 1.19 bits per heavy atom. The van der Waals surface area contributed by atoms with Crippen LogP contribution in [-0.4, -0.2) is 11.0 Å². The molecular formula is C17H24N2OS. The monoisotopic (exact) mass is 304 g/mol. The van der Waals surface area contributed by atoms with Crippen LogP contribution < -0.4 is 10.1 Å². The Morgan fingerprint density at radius 2 is 1.95 bits per heavy atom. The molecule has 0 amide bonds. The lowest BCUT2D eigenvalue weighted by Crippen LogP contribution is -2.23. The molecule has 0 aliphatic heterocycles. The smallest absolute Gasteiger partial charge is 0.142 e.